The first kappa shape index (κ1) is 17.0. The van der Waals surface area contributed by atoms with Crippen LogP contribution in [0.2, 0.25) is 5.15 Å². The van der Waals surface area contributed by atoms with E-state index in [-0.39, 0.29) is 5.15 Å². The summed E-state index contributed by atoms with van der Waals surface area (Å²) >= 11 is 6.33. The summed E-state index contributed by atoms with van der Waals surface area (Å²) in [4.78, 5) is 13.3. The minimum absolute atomic E-state index is 0.200. The first-order valence-electron chi connectivity index (χ1n) is 8.39. The van der Waals surface area contributed by atoms with Crippen LogP contribution in [-0.4, -0.2) is 37.3 Å². The zero-order valence-electron chi connectivity index (χ0n) is 14.4. The number of fused-ring (bicyclic) bond motifs is 1. The molecule has 0 amide bonds. The number of aliphatic hydroxyl groups excluding tert-OH is 1. The van der Waals surface area contributed by atoms with Gasteiger partial charge in [-0.1, -0.05) is 24.4 Å². The summed E-state index contributed by atoms with van der Waals surface area (Å²) in [5, 5.41) is 10.6. The number of hydrogen-bond acceptors (Lipinski definition) is 6. The standard InChI is InChI=1S/C18H17ClN4O3/c1-3-4-5-13-20-15(19)14-17(21-13)23(18-11(24)8-9-25-18)16(22-14)12-7-6-10(2)26-12/h6-7,11,18,24H,3,8-9H2,1-2H3/t11-,18-/m1/s1. The van der Waals surface area contributed by atoms with E-state index in [1.165, 1.54) is 0 Å². The van der Waals surface area contributed by atoms with Crippen molar-refractivity contribution in [1.29, 1.82) is 0 Å². The average molecular weight is 373 g/mol. The second-order valence-electron chi connectivity index (χ2n) is 6.00. The molecule has 4 rings (SSSR count). The molecule has 0 unspecified atom stereocenters. The predicted molar refractivity (Wildman–Crippen MR) is 95.6 cm³/mol. The fourth-order valence-electron chi connectivity index (χ4n) is 2.94. The molecule has 8 heteroatoms. The largest absolute Gasteiger partial charge is 0.458 e. The molecule has 0 radical (unpaired) electrons. The van der Waals surface area contributed by atoms with Gasteiger partial charge in [0, 0.05) is 12.8 Å². The topological polar surface area (TPSA) is 86.2 Å². The van der Waals surface area contributed by atoms with E-state index in [2.05, 4.69) is 26.8 Å². The molecular formula is C18H17ClN4O3. The maximum Gasteiger partial charge on any atom is 0.208 e. The van der Waals surface area contributed by atoms with Crippen LogP contribution in [0, 0.1) is 18.8 Å². The number of aromatic nitrogens is 4. The van der Waals surface area contributed by atoms with E-state index in [4.69, 9.17) is 20.8 Å². The number of aliphatic hydroxyl groups is 1. The number of ether oxygens (including phenoxy) is 1. The predicted octanol–water partition coefficient (Wildman–Crippen LogP) is 3.09. The van der Waals surface area contributed by atoms with Crippen LogP contribution in [0.15, 0.2) is 16.5 Å². The van der Waals surface area contributed by atoms with E-state index in [9.17, 15) is 5.11 Å². The zero-order valence-corrected chi connectivity index (χ0v) is 15.1. The van der Waals surface area contributed by atoms with Crippen molar-refractivity contribution >= 4 is 22.8 Å². The minimum Gasteiger partial charge on any atom is -0.458 e. The Hall–Kier alpha value is -2.40. The van der Waals surface area contributed by atoms with Crippen molar-refractivity contribution in [3.8, 4) is 23.4 Å². The number of rotatable bonds is 2. The van der Waals surface area contributed by atoms with E-state index >= 15 is 0 Å². The molecule has 1 aliphatic rings. The van der Waals surface area contributed by atoms with Crippen LogP contribution in [0.25, 0.3) is 22.7 Å². The molecule has 0 aromatic carbocycles. The summed E-state index contributed by atoms with van der Waals surface area (Å²) in [6.45, 7) is 4.24. The molecule has 7 nitrogen and oxygen atoms in total. The summed E-state index contributed by atoms with van der Waals surface area (Å²) in [5.41, 5.74) is 0.876. The van der Waals surface area contributed by atoms with Crippen LogP contribution in [0.4, 0.5) is 0 Å². The number of imidazole rings is 1. The molecule has 1 aliphatic heterocycles. The lowest BCUT2D eigenvalue weighted by molar-refractivity contribution is -0.00536. The quantitative estimate of drug-likeness (QED) is 0.549. The lowest BCUT2D eigenvalue weighted by Crippen LogP contribution is -2.20. The van der Waals surface area contributed by atoms with Gasteiger partial charge in [0.15, 0.2) is 28.6 Å². The number of aryl methyl sites for hydroxylation is 1. The molecule has 3 aromatic heterocycles. The molecular weight excluding hydrogens is 356 g/mol. The van der Waals surface area contributed by atoms with Gasteiger partial charge < -0.3 is 14.3 Å². The van der Waals surface area contributed by atoms with Crippen LogP contribution < -0.4 is 0 Å². The molecule has 1 saturated heterocycles. The molecule has 2 atom stereocenters. The summed E-state index contributed by atoms with van der Waals surface area (Å²) in [7, 11) is 0. The van der Waals surface area contributed by atoms with Crippen molar-refractivity contribution in [1.82, 2.24) is 19.5 Å². The van der Waals surface area contributed by atoms with Crippen molar-refractivity contribution in [3.63, 3.8) is 0 Å². The summed E-state index contributed by atoms with van der Waals surface area (Å²) in [5.74, 6) is 7.90. The Labute approximate surface area is 155 Å². The lowest BCUT2D eigenvalue weighted by atomic mass is 10.2. The molecule has 0 aliphatic carbocycles. The number of hydrogen-bond donors (Lipinski definition) is 1. The maximum absolute atomic E-state index is 10.4. The Kier molecular flexibility index (Phi) is 4.41. The van der Waals surface area contributed by atoms with Gasteiger partial charge in [-0.05, 0) is 25.0 Å². The highest BCUT2D eigenvalue weighted by molar-refractivity contribution is 6.33. The number of halogens is 1. The SMILES string of the molecule is CCC#Cc1nc(Cl)c2nc(-c3ccc(C)o3)n([C@@H]3OCC[C@H]3O)c2n1. The van der Waals surface area contributed by atoms with E-state index in [0.717, 1.165) is 5.76 Å². The molecule has 1 fully saturated rings. The van der Waals surface area contributed by atoms with Crippen molar-refractivity contribution in [2.24, 2.45) is 0 Å². The van der Waals surface area contributed by atoms with Crippen LogP contribution in [0.1, 0.15) is 37.6 Å². The van der Waals surface area contributed by atoms with Crippen molar-refractivity contribution in [3.05, 3.63) is 28.9 Å². The average Bonchev–Trinajstić information content (AvgIpc) is 3.31. The Bertz CT molecular complexity index is 1030. The first-order valence-corrected chi connectivity index (χ1v) is 8.77. The van der Waals surface area contributed by atoms with Gasteiger partial charge in [0.2, 0.25) is 5.82 Å². The van der Waals surface area contributed by atoms with Crippen LogP contribution in [0.3, 0.4) is 0 Å². The monoisotopic (exact) mass is 372 g/mol. The van der Waals surface area contributed by atoms with Gasteiger partial charge in [-0.25, -0.2) is 15.0 Å². The van der Waals surface area contributed by atoms with Gasteiger partial charge in [0.05, 0.1) is 6.61 Å². The lowest BCUT2D eigenvalue weighted by Gasteiger charge is -2.18. The summed E-state index contributed by atoms with van der Waals surface area (Å²) < 4.78 is 13.2. The van der Waals surface area contributed by atoms with Crippen LogP contribution in [0.5, 0.6) is 0 Å². The van der Waals surface area contributed by atoms with Gasteiger partial charge in [-0.3, -0.25) is 4.57 Å². The van der Waals surface area contributed by atoms with Crippen molar-refractivity contribution in [2.45, 2.75) is 39.0 Å². The second-order valence-corrected chi connectivity index (χ2v) is 6.36. The van der Waals surface area contributed by atoms with E-state index in [0.29, 0.717) is 48.0 Å². The third-order valence-corrected chi connectivity index (χ3v) is 4.38. The fourth-order valence-corrected chi connectivity index (χ4v) is 3.15. The first-order chi connectivity index (χ1) is 12.6. The van der Waals surface area contributed by atoms with Gasteiger partial charge >= 0.3 is 0 Å². The van der Waals surface area contributed by atoms with E-state index < -0.39 is 12.3 Å². The Balaban J connectivity index is 1.99. The van der Waals surface area contributed by atoms with E-state index in [1.807, 2.05) is 26.0 Å². The summed E-state index contributed by atoms with van der Waals surface area (Å²) in [6, 6.07) is 3.66. The smallest absolute Gasteiger partial charge is 0.208 e. The molecule has 1 N–H and O–H groups in total. The Morgan fingerprint density at radius 2 is 2.19 bits per heavy atom. The van der Waals surface area contributed by atoms with Gasteiger partial charge in [-0.2, -0.15) is 0 Å². The van der Waals surface area contributed by atoms with Crippen molar-refractivity contribution < 1.29 is 14.3 Å². The molecule has 3 aromatic rings. The molecule has 0 spiro atoms. The normalized spacial score (nSPS) is 19.7. The Morgan fingerprint density at radius 3 is 2.85 bits per heavy atom. The molecule has 0 bridgehead atoms. The number of furan rings is 1. The number of nitrogens with zero attached hydrogens (tertiary/aromatic N) is 4. The highest BCUT2D eigenvalue weighted by atomic mass is 35.5. The molecule has 0 saturated carbocycles. The molecule has 134 valence electrons. The molecule has 26 heavy (non-hydrogen) atoms. The maximum atomic E-state index is 10.4. The second kappa shape index (κ2) is 6.72. The van der Waals surface area contributed by atoms with Crippen LogP contribution >= 0.6 is 11.6 Å². The van der Waals surface area contributed by atoms with Crippen molar-refractivity contribution in [2.75, 3.05) is 6.61 Å². The third-order valence-electron chi connectivity index (χ3n) is 4.12. The zero-order chi connectivity index (χ0) is 18.3. The molecule has 4 heterocycles. The van der Waals surface area contributed by atoms with Gasteiger partial charge in [0.1, 0.15) is 17.4 Å². The third kappa shape index (κ3) is 2.86. The van der Waals surface area contributed by atoms with Gasteiger partial charge in [0.25, 0.3) is 0 Å². The van der Waals surface area contributed by atoms with Gasteiger partial charge in [-0.15, -0.1) is 0 Å². The fraction of sp³-hybridized carbons (Fsp3) is 0.389. The highest BCUT2D eigenvalue weighted by Crippen LogP contribution is 2.35. The van der Waals surface area contributed by atoms with E-state index in [1.54, 1.807) is 4.57 Å². The minimum atomic E-state index is -0.680. The van der Waals surface area contributed by atoms with Crippen LogP contribution in [-0.2, 0) is 4.74 Å². The highest BCUT2D eigenvalue weighted by Gasteiger charge is 2.33. The summed E-state index contributed by atoms with van der Waals surface area (Å²) in [6.07, 6.45) is -0.0958. The Morgan fingerprint density at radius 1 is 1.35 bits per heavy atom.